The van der Waals surface area contributed by atoms with Crippen LogP contribution >= 0.6 is 0 Å². The fraction of sp³-hybridized carbons (Fsp3) is 0.455. The van der Waals surface area contributed by atoms with Crippen LogP contribution in [0.2, 0.25) is 0 Å². The molecule has 3 aliphatic carbocycles. The van der Waals surface area contributed by atoms with Crippen molar-refractivity contribution in [3.05, 3.63) is 119 Å². The van der Waals surface area contributed by atoms with Gasteiger partial charge in [0.05, 0.1) is 23.7 Å². The molecule has 2 bridgehead atoms. The van der Waals surface area contributed by atoms with Gasteiger partial charge in [-0.3, -0.25) is 9.59 Å². The zero-order chi connectivity index (χ0) is 40.0. The van der Waals surface area contributed by atoms with E-state index in [1.165, 1.54) is 6.92 Å². The minimum Gasteiger partial charge on any atom is -0.454 e. The lowest BCUT2D eigenvalue weighted by molar-refractivity contribution is -0.331. The second-order valence-electron chi connectivity index (χ2n) is 16.2. The average Bonchev–Trinajstić information content (AvgIpc) is 3.17. The van der Waals surface area contributed by atoms with Gasteiger partial charge in [0.15, 0.2) is 11.4 Å². The highest BCUT2D eigenvalue weighted by atomic mass is 16.7. The molecule has 3 aromatic carbocycles. The Morgan fingerprint density at radius 2 is 1.39 bits per heavy atom. The monoisotopic (exact) mass is 768 g/mol. The molecule has 12 nitrogen and oxygen atoms in total. The van der Waals surface area contributed by atoms with E-state index < -0.39 is 87.9 Å². The van der Waals surface area contributed by atoms with Crippen LogP contribution < -0.4 is 0 Å². The second kappa shape index (κ2) is 14.8. The van der Waals surface area contributed by atoms with Crippen molar-refractivity contribution in [2.24, 2.45) is 22.7 Å². The number of allylic oxidation sites excluding steroid dienone is 1. The molecular weight excluding hydrogens is 720 g/mol. The number of Topliss-reactive ketones (excluding diaryl/α,β-unsaturated/α-hetero) is 1. The van der Waals surface area contributed by atoms with Crippen LogP contribution in [-0.4, -0.2) is 70.4 Å². The third-order valence-corrected chi connectivity index (χ3v) is 12.7. The van der Waals surface area contributed by atoms with Crippen molar-refractivity contribution in [1.82, 2.24) is 0 Å². The molecule has 0 radical (unpaired) electrons. The summed E-state index contributed by atoms with van der Waals surface area (Å²) in [7, 11) is 0. The Labute approximate surface area is 325 Å². The van der Waals surface area contributed by atoms with E-state index in [0.29, 0.717) is 16.7 Å². The number of benzene rings is 3. The molecule has 3 fully saturated rings. The summed E-state index contributed by atoms with van der Waals surface area (Å²) < 4.78 is 35.5. The maximum absolute atomic E-state index is 15.9. The van der Waals surface area contributed by atoms with Crippen LogP contribution in [-0.2, 0) is 51.2 Å². The molecule has 9 atom stereocenters. The van der Waals surface area contributed by atoms with Gasteiger partial charge in [0.25, 0.3) is 0 Å². The molecular formula is C44H48O12. The van der Waals surface area contributed by atoms with Gasteiger partial charge in [-0.15, -0.1) is 0 Å². The number of hydrogen-bond donors (Lipinski definition) is 2. The van der Waals surface area contributed by atoms with Gasteiger partial charge in [-0.25, -0.2) is 9.59 Å². The van der Waals surface area contributed by atoms with Gasteiger partial charge in [0.1, 0.15) is 25.4 Å². The molecule has 296 valence electrons. The molecule has 3 aromatic rings. The SMILES string of the molecule is CC(=O)O[C@@]12CO[C@@H]1C[C@H](OC(=O)OCc1ccccc1)[C@@]1(C)C(=O)C(OC(=O)OCc3ccccc3)=C3C(C)[C@@H](O)C[C@@](O)([C@@H](c4ccccc4)[C@H]21)C3(C)C. The van der Waals surface area contributed by atoms with Crippen molar-refractivity contribution in [3.63, 3.8) is 0 Å². The van der Waals surface area contributed by atoms with Gasteiger partial charge in [0, 0.05) is 42.9 Å². The van der Waals surface area contributed by atoms with Gasteiger partial charge in [-0.1, -0.05) is 112 Å². The van der Waals surface area contributed by atoms with E-state index >= 15 is 4.79 Å². The van der Waals surface area contributed by atoms with Gasteiger partial charge >= 0.3 is 18.3 Å². The standard InChI is InChI=1S/C44H48O12/c1-26-31(46)22-44(50)35(30-19-13-8-14-20-30)37-42(5,38(47)36(34(26)41(44,3)4)55-40(49)52-24-29-17-11-7-12-18-29)32(21-33-43(37,25-53-33)56-27(2)45)54-39(48)51-23-28-15-9-6-10-16-28/h6-20,26,31-33,35,37,46,50H,21-25H2,1-5H3/t26?,31-,32-,33+,35-,37-,42+,43-,44+/m0/s1. The predicted octanol–water partition coefficient (Wildman–Crippen LogP) is 6.57. The Morgan fingerprint density at radius 1 is 0.839 bits per heavy atom. The number of aliphatic hydroxyl groups is 2. The van der Waals surface area contributed by atoms with Crippen LogP contribution in [0.4, 0.5) is 9.59 Å². The predicted molar refractivity (Wildman–Crippen MR) is 199 cm³/mol. The summed E-state index contributed by atoms with van der Waals surface area (Å²) in [5.41, 5.74) is -4.50. The molecule has 1 unspecified atom stereocenters. The lowest BCUT2D eigenvalue weighted by atomic mass is 9.41. The summed E-state index contributed by atoms with van der Waals surface area (Å²) in [6.07, 6.45) is -5.91. The number of carbonyl (C=O) groups excluding carboxylic acids is 4. The Bertz CT molecular complexity index is 2000. The van der Waals surface area contributed by atoms with Crippen LogP contribution in [0.3, 0.4) is 0 Å². The van der Waals surface area contributed by atoms with Crippen molar-refractivity contribution >= 4 is 24.1 Å². The Kier molecular flexibility index (Phi) is 10.4. The number of ether oxygens (including phenoxy) is 6. The fourth-order valence-corrected chi connectivity index (χ4v) is 9.90. The molecule has 1 aliphatic heterocycles. The number of hydrogen-bond acceptors (Lipinski definition) is 12. The van der Waals surface area contributed by atoms with Gasteiger partial charge in [0.2, 0.25) is 5.78 Å². The van der Waals surface area contributed by atoms with Crippen molar-refractivity contribution in [2.45, 2.75) is 96.1 Å². The minimum absolute atomic E-state index is 0.102. The topological polar surface area (TPSA) is 164 Å². The lowest BCUT2D eigenvalue weighted by Crippen LogP contribution is -2.79. The number of aliphatic hydroxyl groups excluding tert-OH is 1. The Balaban J connectivity index is 1.43. The maximum atomic E-state index is 15.9. The van der Waals surface area contributed by atoms with Crippen LogP contribution in [0.5, 0.6) is 0 Å². The normalized spacial score (nSPS) is 32.9. The largest absolute Gasteiger partial charge is 0.514 e. The van der Waals surface area contributed by atoms with E-state index in [9.17, 15) is 24.6 Å². The first-order chi connectivity index (χ1) is 26.6. The molecule has 2 saturated carbocycles. The van der Waals surface area contributed by atoms with Gasteiger partial charge < -0.3 is 38.6 Å². The first kappa shape index (κ1) is 39.2. The molecule has 0 spiro atoms. The first-order valence-corrected chi connectivity index (χ1v) is 19.0. The summed E-state index contributed by atoms with van der Waals surface area (Å²) in [5, 5.41) is 25.3. The summed E-state index contributed by atoms with van der Waals surface area (Å²) in [4.78, 5) is 56.3. The summed E-state index contributed by atoms with van der Waals surface area (Å²) in [5.74, 6) is -4.87. The molecule has 0 amide bonds. The van der Waals surface area contributed by atoms with E-state index in [1.54, 1.807) is 88.4 Å². The highest BCUT2D eigenvalue weighted by Crippen LogP contribution is 2.68. The summed E-state index contributed by atoms with van der Waals surface area (Å²) in [6.45, 7) is 7.64. The van der Waals surface area contributed by atoms with E-state index in [2.05, 4.69) is 0 Å². The molecule has 56 heavy (non-hydrogen) atoms. The van der Waals surface area contributed by atoms with Crippen molar-refractivity contribution in [1.29, 1.82) is 0 Å². The number of fused-ring (bicyclic) bond motifs is 5. The van der Waals surface area contributed by atoms with Gasteiger partial charge in [-0.05, 0) is 29.2 Å². The Hall–Kier alpha value is -5.04. The number of rotatable bonds is 8. The molecule has 1 heterocycles. The number of esters is 1. The van der Waals surface area contributed by atoms with Crippen molar-refractivity contribution in [3.8, 4) is 0 Å². The van der Waals surface area contributed by atoms with Crippen molar-refractivity contribution < 1.29 is 57.8 Å². The fourth-order valence-electron chi connectivity index (χ4n) is 9.90. The molecule has 4 aliphatic rings. The molecule has 1 saturated heterocycles. The van der Waals surface area contributed by atoms with E-state index in [-0.39, 0.29) is 38.2 Å². The van der Waals surface area contributed by atoms with Crippen LogP contribution in [0.15, 0.2) is 102 Å². The van der Waals surface area contributed by atoms with E-state index in [1.807, 2.05) is 30.3 Å². The molecule has 12 heteroatoms. The highest BCUT2D eigenvalue weighted by Gasteiger charge is 2.77. The summed E-state index contributed by atoms with van der Waals surface area (Å²) >= 11 is 0. The minimum atomic E-state index is -1.90. The van der Waals surface area contributed by atoms with Crippen LogP contribution in [0.25, 0.3) is 0 Å². The van der Waals surface area contributed by atoms with E-state index in [4.69, 9.17) is 28.4 Å². The highest BCUT2D eigenvalue weighted by molar-refractivity contribution is 6.02. The van der Waals surface area contributed by atoms with Gasteiger partial charge in [-0.2, -0.15) is 0 Å². The molecule has 7 rings (SSSR count). The maximum Gasteiger partial charge on any atom is 0.514 e. The zero-order valence-electron chi connectivity index (χ0n) is 32.1. The average molecular weight is 769 g/mol. The third kappa shape index (κ3) is 6.47. The Morgan fingerprint density at radius 3 is 1.93 bits per heavy atom. The van der Waals surface area contributed by atoms with Crippen LogP contribution in [0.1, 0.15) is 70.1 Å². The van der Waals surface area contributed by atoms with E-state index in [0.717, 1.165) is 0 Å². The van der Waals surface area contributed by atoms with Crippen molar-refractivity contribution in [2.75, 3.05) is 6.61 Å². The lowest BCUT2D eigenvalue weighted by Gasteiger charge is -2.68. The molecule has 0 aromatic heterocycles. The molecule has 2 N–H and O–H groups in total. The second-order valence-corrected chi connectivity index (χ2v) is 16.2. The number of ketones is 1. The third-order valence-electron chi connectivity index (χ3n) is 12.7. The smallest absolute Gasteiger partial charge is 0.454 e. The first-order valence-electron chi connectivity index (χ1n) is 19.0. The van der Waals surface area contributed by atoms with Crippen LogP contribution in [0, 0.1) is 22.7 Å². The quantitative estimate of drug-likeness (QED) is 0.188. The number of carbonyl (C=O) groups is 4. The summed E-state index contributed by atoms with van der Waals surface area (Å²) in [6, 6.07) is 27.0. The zero-order valence-corrected chi connectivity index (χ0v) is 32.1.